The molecule has 5 N–H and O–H groups in total. The van der Waals surface area contributed by atoms with Crippen molar-refractivity contribution in [1.29, 1.82) is 0 Å². The fourth-order valence-corrected chi connectivity index (χ4v) is 4.20. The Hall–Kier alpha value is -4.74. The molecule has 0 heterocycles. The number of hydrogen-bond donors (Lipinski definition) is 5. The zero-order chi connectivity index (χ0) is 37.0. The first-order valence-electron chi connectivity index (χ1n) is 17.0. The van der Waals surface area contributed by atoms with Crippen LogP contribution in [0.4, 0.5) is 0 Å². The normalized spacial score (nSPS) is 14.0. The van der Waals surface area contributed by atoms with Gasteiger partial charge in [-0.2, -0.15) is 0 Å². The second-order valence-corrected chi connectivity index (χ2v) is 11.3. The highest BCUT2D eigenvalue weighted by Crippen LogP contribution is 2.16. The summed E-state index contributed by atoms with van der Waals surface area (Å²) in [6, 6.07) is 2.99. The fourth-order valence-electron chi connectivity index (χ4n) is 4.20. The van der Waals surface area contributed by atoms with E-state index in [1.807, 2.05) is 12.2 Å². The number of aromatic hydroxyl groups is 1. The molecule has 1 rings (SSSR count). The Morgan fingerprint density at radius 2 is 1.20 bits per heavy atom. The second kappa shape index (κ2) is 27.1. The zero-order valence-electron chi connectivity index (χ0n) is 29.4. The first-order valence-corrected chi connectivity index (χ1v) is 17.0. The van der Waals surface area contributed by atoms with Crippen LogP contribution in [-0.4, -0.2) is 76.6 Å². The molecule has 0 spiro atoms. The minimum absolute atomic E-state index is 0.141. The number of esters is 2. The van der Waals surface area contributed by atoms with Crippen LogP contribution in [0.15, 0.2) is 97.2 Å². The van der Waals surface area contributed by atoms with Crippen molar-refractivity contribution in [2.75, 3.05) is 13.2 Å². The SMILES string of the molecule is CC/C=C\C/C=C\C/C=C\C/C=C\C/C=C\C/C=C\CCC(=O)NC(C)C(=O)OC(C)C(NC(=O)c1ccccc1O)C(=O)OC(CO)CO. The first kappa shape index (κ1) is 43.3. The molecule has 0 radical (unpaired) electrons. The summed E-state index contributed by atoms with van der Waals surface area (Å²) < 4.78 is 10.4. The molecular weight excluding hydrogens is 640 g/mol. The van der Waals surface area contributed by atoms with Gasteiger partial charge in [0.2, 0.25) is 5.91 Å². The number of carbonyl (C=O) groups is 4. The molecule has 2 amide bonds. The number of amides is 2. The van der Waals surface area contributed by atoms with E-state index in [1.54, 1.807) is 0 Å². The van der Waals surface area contributed by atoms with Crippen LogP contribution in [0.2, 0.25) is 0 Å². The van der Waals surface area contributed by atoms with Crippen LogP contribution in [0.1, 0.15) is 82.5 Å². The third-order valence-corrected chi connectivity index (χ3v) is 7.02. The van der Waals surface area contributed by atoms with E-state index in [1.165, 1.54) is 38.1 Å². The van der Waals surface area contributed by atoms with Crippen molar-refractivity contribution in [3.8, 4) is 5.75 Å². The van der Waals surface area contributed by atoms with Crippen molar-refractivity contribution in [2.45, 2.75) is 96.4 Å². The number of phenols is 1. The molecule has 0 aromatic heterocycles. The van der Waals surface area contributed by atoms with E-state index in [9.17, 15) is 34.5 Å². The average Bonchev–Trinajstić information content (AvgIpc) is 3.10. The lowest BCUT2D eigenvalue weighted by Crippen LogP contribution is -2.52. The molecule has 0 aliphatic heterocycles. The molecule has 0 aliphatic carbocycles. The quantitative estimate of drug-likeness (QED) is 0.0711. The monoisotopic (exact) mass is 694 g/mol. The van der Waals surface area contributed by atoms with E-state index < -0.39 is 55.4 Å². The third-order valence-electron chi connectivity index (χ3n) is 7.02. The molecule has 0 bridgehead atoms. The number of aliphatic hydroxyl groups is 2. The molecule has 274 valence electrons. The standard InChI is InChI=1S/C39H54N2O9/c1-4-5-6-7-8-9-10-11-12-13-14-15-16-17-18-19-20-21-22-27-35(45)40-30(2)38(47)49-31(3)36(39(48)50-32(28-42)29-43)41-37(46)33-25-23-24-26-34(33)44/h5-6,8-9,11-12,14-15,17-18,20-21,23-26,30-32,36,42-44H,4,7,10,13,16,19,22,27-29H2,1-3H3,(H,40,45)(H,41,46)/b6-5-,9-8-,12-11-,15-14-,18-17-,21-20-. The summed E-state index contributed by atoms with van der Waals surface area (Å²) in [7, 11) is 0. The maximum Gasteiger partial charge on any atom is 0.332 e. The lowest BCUT2D eigenvalue weighted by molar-refractivity contribution is -0.164. The predicted molar refractivity (Wildman–Crippen MR) is 194 cm³/mol. The molecule has 3 unspecified atom stereocenters. The fraction of sp³-hybridized carbons (Fsp3) is 0.436. The van der Waals surface area contributed by atoms with Gasteiger partial charge in [-0.1, -0.05) is 92.0 Å². The number of allylic oxidation sites excluding steroid dienone is 12. The van der Waals surface area contributed by atoms with Crippen molar-refractivity contribution in [3.05, 3.63) is 103 Å². The van der Waals surface area contributed by atoms with Crippen LogP contribution < -0.4 is 10.6 Å². The smallest absolute Gasteiger partial charge is 0.332 e. The van der Waals surface area contributed by atoms with Crippen molar-refractivity contribution in [2.24, 2.45) is 0 Å². The Labute approximate surface area is 296 Å². The Morgan fingerprint density at radius 1 is 0.700 bits per heavy atom. The van der Waals surface area contributed by atoms with Gasteiger partial charge in [0, 0.05) is 6.42 Å². The number of ether oxygens (including phenoxy) is 2. The van der Waals surface area contributed by atoms with Gasteiger partial charge in [0.15, 0.2) is 6.04 Å². The van der Waals surface area contributed by atoms with Crippen molar-refractivity contribution in [1.82, 2.24) is 10.6 Å². The molecule has 1 aromatic carbocycles. The third kappa shape index (κ3) is 19.3. The highest BCUT2D eigenvalue weighted by Gasteiger charge is 2.34. The van der Waals surface area contributed by atoms with Crippen LogP contribution in [0.5, 0.6) is 5.75 Å². The van der Waals surface area contributed by atoms with E-state index in [0.29, 0.717) is 6.42 Å². The van der Waals surface area contributed by atoms with E-state index in [0.717, 1.165) is 38.5 Å². The summed E-state index contributed by atoms with van der Waals surface area (Å²) >= 11 is 0. The summed E-state index contributed by atoms with van der Waals surface area (Å²) in [6.07, 6.45) is 28.8. The summed E-state index contributed by atoms with van der Waals surface area (Å²) in [5.41, 5.74) is -0.141. The molecule has 0 aliphatic rings. The lowest BCUT2D eigenvalue weighted by Gasteiger charge is -2.26. The zero-order valence-corrected chi connectivity index (χ0v) is 29.4. The maximum absolute atomic E-state index is 12.8. The van der Waals surface area contributed by atoms with Gasteiger partial charge in [-0.05, 0) is 70.9 Å². The molecule has 3 atom stereocenters. The molecule has 11 heteroatoms. The van der Waals surface area contributed by atoms with E-state index in [4.69, 9.17) is 9.47 Å². The average molecular weight is 695 g/mol. The summed E-state index contributed by atoms with van der Waals surface area (Å²) in [5, 5.41) is 33.5. The molecular formula is C39H54N2O9. The second-order valence-electron chi connectivity index (χ2n) is 11.3. The van der Waals surface area contributed by atoms with Gasteiger partial charge in [0.05, 0.1) is 18.8 Å². The topological polar surface area (TPSA) is 171 Å². The van der Waals surface area contributed by atoms with Gasteiger partial charge < -0.3 is 35.4 Å². The number of para-hydroxylation sites is 1. The van der Waals surface area contributed by atoms with Crippen molar-refractivity contribution < 1.29 is 44.0 Å². The van der Waals surface area contributed by atoms with Gasteiger partial charge in [-0.25, -0.2) is 9.59 Å². The van der Waals surface area contributed by atoms with Gasteiger partial charge in [-0.3, -0.25) is 9.59 Å². The maximum atomic E-state index is 12.8. The van der Waals surface area contributed by atoms with E-state index in [2.05, 4.69) is 78.3 Å². The Bertz CT molecular complexity index is 1340. The van der Waals surface area contributed by atoms with E-state index in [-0.39, 0.29) is 23.6 Å². The largest absolute Gasteiger partial charge is 0.507 e. The molecule has 1 aromatic rings. The number of benzene rings is 1. The van der Waals surface area contributed by atoms with Crippen LogP contribution in [0, 0.1) is 0 Å². The van der Waals surface area contributed by atoms with Crippen LogP contribution >= 0.6 is 0 Å². The van der Waals surface area contributed by atoms with E-state index >= 15 is 0 Å². The predicted octanol–water partition coefficient (Wildman–Crippen LogP) is 5.30. The number of nitrogens with one attached hydrogen (secondary N) is 2. The van der Waals surface area contributed by atoms with Gasteiger partial charge in [0.1, 0.15) is 24.0 Å². The molecule has 0 saturated carbocycles. The van der Waals surface area contributed by atoms with Gasteiger partial charge >= 0.3 is 11.9 Å². The van der Waals surface area contributed by atoms with Gasteiger partial charge in [0.25, 0.3) is 5.91 Å². The Morgan fingerprint density at radius 3 is 1.70 bits per heavy atom. The summed E-state index contributed by atoms with van der Waals surface area (Å²) in [5.74, 6) is -3.52. The summed E-state index contributed by atoms with van der Waals surface area (Å²) in [6.45, 7) is 3.52. The first-order chi connectivity index (χ1) is 24.1. The molecule has 11 nitrogen and oxygen atoms in total. The summed E-state index contributed by atoms with van der Waals surface area (Å²) in [4.78, 5) is 50.8. The van der Waals surface area contributed by atoms with Crippen LogP contribution in [0.25, 0.3) is 0 Å². The van der Waals surface area contributed by atoms with Crippen molar-refractivity contribution in [3.63, 3.8) is 0 Å². The van der Waals surface area contributed by atoms with Crippen molar-refractivity contribution >= 4 is 23.8 Å². The Balaban J connectivity index is 2.46. The minimum atomic E-state index is -1.57. The molecule has 0 saturated heterocycles. The Kier molecular flexibility index (Phi) is 23.5. The van der Waals surface area contributed by atoms with Crippen LogP contribution in [-0.2, 0) is 23.9 Å². The number of hydrogen-bond acceptors (Lipinski definition) is 9. The lowest BCUT2D eigenvalue weighted by atomic mass is 10.1. The number of aliphatic hydroxyl groups excluding tert-OH is 2. The molecule has 0 fully saturated rings. The number of rotatable bonds is 24. The highest BCUT2D eigenvalue weighted by atomic mass is 16.6. The van der Waals surface area contributed by atoms with Gasteiger partial charge in [-0.15, -0.1) is 0 Å². The number of carbonyl (C=O) groups excluding carboxylic acids is 4. The number of phenolic OH excluding ortho intramolecular Hbond substituents is 1. The minimum Gasteiger partial charge on any atom is -0.507 e. The van der Waals surface area contributed by atoms with Crippen LogP contribution in [0.3, 0.4) is 0 Å². The molecule has 50 heavy (non-hydrogen) atoms. The highest BCUT2D eigenvalue weighted by molar-refractivity contribution is 5.99.